The standard InChI is InChI=1S/C18H21NO5/c1-2-24-18(23)10-5-7-13(8-6-10)19-16(20)14-11-3-4-12(9-11)15(14)17(21)22/h5-8,11-12,14-15H,2-4,9H2,1H3,(H,19,20)(H,21,22)/t11-,12-,14-,15+/m0/s1. The molecule has 0 aromatic heterocycles. The van der Waals surface area contributed by atoms with E-state index in [1.165, 1.54) is 0 Å². The summed E-state index contributed by atoms with van der Waals surface area (Å²) >= 11 is 0. The number of carbonyl (C=O) groups is 3. The Balaban J connectivity index is 1.68. The molecule has 0 radical (unpaired) electrons. The van der Waals surface area contributed by atoms with Crippen LogP contribution in [0.1, 0.15) is 36.5 Å². The van der Waals surface area contributed by atoms with E-state index in [2.05, 4.69) is 5.32 Å². The smallest absolute Gasteiger partial charge is 0.338 e. The predicted octanol–water partition coefficient (Wildman–Crippen LogP) is 2.55. The van der Waals surface area contributed by atoms with Crippen LogP contribution in [0, 0.1) is 23.7 Å². The predicted molar refractivity (Wildman–Crippen MR) is 86.5 cm³/mol. The third-order valence-electron chi connectivity index (χ3n) is 5.17. The molecule has 2 fully saturated rings. The fourth-order valence-corrected chi connectivity index (χ4v) is 4.15. The summed E-state index contributed by atoms with van der Waals surface area (Å²) in [4.78, 5) is 35.7. The first-order valence-electron chi connectivity index (χ1n) is 8.32. The van der Waals surface area contributed by atoms with Crippen LogP contribution in [-0.4, -0.2) is 29.6 Å². The Labute approximate surface area is 140 Å². The number of carboxylic acid groups (broad SMARTS) is 1. The van der Waals surface area contributed by atoms with Gasteiger partial charge in [0.2, 0.25) is 5.91 Å². The number of carboxylic acids is 1. The van der Waals surface area contributed by atoms with Crippen LogP contribution in [0.5, 0.6) is 0 Å². The normalized spacial score (nSPS) is 27.7. The van der Waals surface area contributed by atoms with E-state index in [1.807, 2.05) is 0 Å². The van der Waals surface area contributed by atoms with Gasteiger partial charge in [0.05, 0.1) is 24.0 Å². The zero-order valence-electron chi connectivity index (χ0n) is 13.5. The molecule has 0 spiro atoms. The van der Waals surface area contributed by atoms with Crippen LogP contribution in [-0.2, 0) is 14.3 Å². The molecule has 2 saturated carbocycles. The molecule has 2 aliphatic carbocycles. The number of carbonyl (C=O) groups excluding carboxylic acids is 2. The van der Waals surface area contributed by atoms with Gasteiger partial charge in [-0.25, -0.2) is 4.79 Å². The van der Waals surface area contributed by atoms with Crippen molar-refractivity contribution in [2.75, 3.05) is 11.9 Å². The van der Waals surface area contributed by atoms with Crippen molar-refractivity contribution in [3.8, 4) is 0 Å². The van der Waals surface area contributed by atoms with Crippen LogP contribution in [0.15, 0.2) is 24.3 Å². The van der Waals surface area contributed by atoms with E-state index in [4.69, 9.17) is 4.74 Å². The topological polar surface area (TPSA) is 92.7 Å². The number of rotatable bonds is 5. The van der Waals surface area contributed by atoms with Crippen LogP contribution >= 0.6 is 0 Å². The minimum Gasteiger partial charge on any atom is -0.481 e. The van der Waals surface area contributed by atoms with E-state index in [0.29, 0.717) is 17.9 Å². The average molecular weight is 331 g/mol. The maximum absolute atomic E-state index is 12.6. The number of esters is 1. The van der Waals surface area contributed by atoms with Gasteiger partial charge in [0.25, 0.3) is 0 Å². The largest absolute Gasteiger partial charge is 0.481 e. The number of anilines is 1. The first-order valence-corrected chi connectivity index (χ1v) is 8.32. The first kappa shape index (κ1) is 16.5. The number of benzene rings is 1. The maximum atomic E-state index is 12.6. The molecule has 2 bridgehead atoms. The van der Waals surface area contributed by atoms with E-state index < -0.39 is 23.8 Å². The van der Waals surface area contributed by atoms with Crippen LogP contribution in [0.3, 0.4) is 0 Å². The maximum Gasteiger partial charge on any atom is 0.338 e. The number of fused-ring (bicyclic) bond motifs is 2. The van der Waals surface area contributed by atoms with Crippen molar-refractivity contribution < 1.29 is 24.2 Å². The Morgan fingerprint density at radius 1 is 1.12 bits per heavy atom. The third kappa shape index (κ3) is 3.00. The average Bonchev–Trinajstić information content (AvgIpc) is 3.16. The van der Waals surface area contributed by atoms with Crippen molar-refractivity contribution in [2.45, 2.75) is 26.2 Å². The molecule has 0 saturated heterocycles. The molecule has 6 nitrogen and oxygen atoms in total. The highest BCUT2D eigenvalue weighted by molar-refractivity contribution is 5.96. The summed E-state index contributed by atoms with van der Waals surface area (Å²) in [5.74, 6) is -2.29. The summed E-state index contributed by atoms with van der Waals surface area (Å²) in [5.41, 5.74) is 0.971. The number of nitrogens with one attached hydrogen (secondary N) is 1. The van der Waals surface area contributed by atoms with Gasteiger partial charge in [0.1, 0.15) is 0 Å². The molecule has 2 N–H and O–H groups in total. The van der Waals surface area contributed by atoms with E-state index in [1.54, 1.807) is 31.2 Å². The van der Waals surface area contributed by atoms with Gasteiger partial charge in [-0.3, -0.25) is 9.59 Å². The van der Waals surface area contributed by atoms with Crippen molar-refractivity contribution in [3.63, 3.8) is 0 Å². The molecule has 0 heterocycles. The van der Waals surface area contributed by atoms with E-state index in [0.717, 1.165) is 19.3 Å². The van der Waals surface area contributed by atoms with Gasteiger partial charge in [-0.1, -0.05) is 0 Å². The van der Waals surface area contributed by atoms with Crippen molar-refractivity contribution in [2.24, 2.45) is 23.7 Å². The molecule has 0 unspecified atom stereocenters. The van der Waals surface area contributed by atoms with Gasteiger partial charge in [0.15, 0.2) is 0 Å². The highest BCUT2D eigenvalue weighted by Crippen LogP contribution is 2.52. The number of hydrogen-bond acceptors (Lipinski definition) is 4. The second-order valence-electron chi connectivity index (χ2n) is 6.51. The van der Waals surface area contributed by atoms with Crippen LogP contribution in [0.25, 0.3) is 0 Å². The van der Waals surface area contributed by atoms with Gasteiger partial charge in [-0.15, -0.1) is 0 Å². The molecule has 4 atom stereocenters. The Kier molecular flexibility index (Phi) is 4.55. The fraction of sp³-hybridized carbons (Fsp3) is 0.500. The van der Waals surface area contributed by atoms with E-state index >= 15 is 0 Å². The minimum absolute atomic E-state index is 0.120. The molecular weight excluding hydrogens is 310 g/mol. The van der Waals surface area contributed by atoms with Crippen molar-refractivity contribution in [1.82, 2.24) is 0 Å². The summed E-state index contributed by atoms with van der Waals surface area (Å²) in [6.45, 7) is 2.04. The Bertz CT molecular complexity index is 654. The molecule has 0 aliphatic heterocycles. The second-order valence-corrected chi connectivity index (χ2v) is 6.51. The number of ether oxygens (including phenoxy) is 1. The number of aliphatic carboxylic acids is 1. The lowest BCUT2D eigenvalue weighted by molar-refractivity contribution is -0.148. The number of hydrogen-bond donors (Lipinski definition) is 2. The van der Waals surface area contributed by atoms with Gasteiger partial charge in [-0.2, -0.15) is 0 Å². The highest BCUT2D eigenvalue weighted by Gasteiger charge is 2.53. The zero-order valence-corrected chi connectivity index (χ0v) is 13.5. The second kappa shape index (κ2) is 6.63. The van der Waals surface area contributed by atoms with Crippen LogP contribution in [0.4, 0.5) is 5.69 Å². The van der Waals surface area contributed by atoms with Gasteiger partial charge >= 0.3 is 11.9 Å². The van der Waals surface area contributed by atoms with E-state index in [-0.39, 0.29) is 17.7 Å². The molecule has 24 heavy (non-hydrogen) atoms. The summed E-state index contributed by atoms with van der Waals surface area (Å²) in [6.07, 6.45) is 2.66. The quantitative estimate of drug-likeness (QED) is 0.809. The summed E-state index contributed by atoms with van der Waals surface area (Å²) in [6, 6.07) is 6.44. The van der Waals surface area contributed by atoms with Gasteiger partial charge in [0, 0.05) is 5.69 Å². The molecule has 128 valence electrons. The summed E-state index contributed by atoms with van der Waals surface area (Å²) < 4.78 is 4.91. The Morgan fingerprint density at radius 3 is 2.33 bits per heavy atom. The molecule has 1 aromatic carbocycles. The zero-order chi connectivity index (χ0) is 17.3. The van der Waals surface area contributed by atoms with Gasteiger partial charge < -0.3 is 15.2 Å². The lowest BCUT2D eigenvalue weighted by Crippen LogP contribution is -2.37. The van der Waals surface area contributed by atoms with Crippen molar-refractivity contribution in [1.29, 1.82) is 0 Å². The molecule has 3 rings (SSSR count). The van der Waals surface area contributed by atoms with Gasteiger partial charge in [-0.05, 0) is 62.3 Å². The minimum atomic E-state index is -0.875. The Hall–Kier alpha value is -2.37. The molecule has 6 heteroatoms. The highest BCUT2D eigenvalue weighted by atomic mass is 16.5. The lowest BCUT2D eigenvalue weighted by atomic mass is 9.78. The molecular formula is C18H21NO5. The van der Waals surface area contributed by atoms with Crippen molar-refractivity contribution >= 4 is 23.5 Å². The molecule has 2 aliphatic rings. The Morgan fingerprint density at radius 2 is 1.75 bits per heavy atom. The monoisotopic (exact) mass is 331 g/mol. The number of amides is 1. The summed E-state index contributed by atoms with van der Waals surface area (Å²) in [7, 11) is 0. The summed E-state index contributed by atoms with van der Waals surface area (Å²) in [5, 5.41) is 12.2. The third-order valence-corrected chi connectivity index (χ3v) is 5.17. The first-order chi connectivity index (χ1) is 11.5. The molecule has 1 amide bonds. The van der Waals surface area contributed by atoms with E-state index in [9.17, 15) is 19.5 Å². The van der Waals surface area contributed by atoms with Crippen LogP contribution in [0.2, 0.25) is 0 Å². The van der Waals surface area contributed by atoms with Crippen molar-refractivity contribution in [3.05, 3.63) is 29.8 Å². The lowest BCUT2D eigenvalue weighted by Gasteiger charge is -2.27. The molecule has 1 aromatic rings. The van der Waals surface area contributed by atoms with Crippen LogP contribution < -0.4 is 5.32 Å². The SMILES string of the molecule is CCOC(=O)c1ccc(NC(=O)[C@H]2[C@H]3CC[C@@H](C3)[C@H]2C(=O)O)cc1. The fourth-order valence-electron chi connectivity index (χ4n) is 4.15.